The molecular formula is C21H24N2O2. The molecule has 0 unspecified atom stereocenters. The van der Waals surface area contributed by atoms with Crippen molar-refractivity contribution in [3.63, 3.8) is 0 Å². The summed E-state index contributed by atoms with van der Waals surface area (Å²) in [4.78, 5) is 26.8. The van der Waals surface area contributed by atoms with Gasteiger partial charge >= 0.3 is 0 Å². The maximum absolute atomic E-state index is 12.6. The number of hydrogen-bond donors (Lipinski definition) is 1. The molecule has 0 atom stereocenters. The van der Waals surface area contributed by atoms with Crippen LogP contribution in [-0.2, 0) is 17.6 Å². The number of nitrogens with zero attached hydrogens (tertiary/aromatic N) is 1. The van der Waals surface area contributed by atoms with Crippen LogP contribution in [0.5, 0.6) is 0 Å². The predicted molar refractivity (Wildman–Crippen MR) is 101 cm³/mol. The van der Waals surface area contributed by atoms with E-state index in [0.29, 0.717) is 12.1 Å². The predicted octanol–water partition coefficient (Wildman–Crippen LogP) is 3.77. The van der Waals surface area contributed by atoms with Crippen LogP contribution in [0, 0.1) is 0 Å². The van der Waals surface area contributed by atoms with Crippen molar-refractivity contribution in [3.05, 3.63) is 59.2 Å². The lowest BCUT2D eigenvalue weighted by Crippen LogP contribution is -2.35. The molecule has 0 spiro atoms. The average molecular weight is 336 g/mol. The van der Waals surface area contributed by atoms with Gasteiger partial charge in [-0.15, -0.1) is 0 Å². The van der Waals surface area contributed by atoms with E-state index in [1.807, 2.05) is 42.5 Å². The van der Waals surface area contributed by atoms with E-state index in [4.69, 9.17) is 5.73 Å². The summed E-state index contributed by atoms with van der Waals surface area (Å²) in [6, 6.07) is 13.3. The van der Waals surface area contributed by atoms with Crippen LogP contribution in [0.2, 0.25) is 0 Å². The molecule has 0 bridgehead atoms. The number of carbonyl (C=O) groups is 2. The lowest BCUT2D eigenvalue weighted by atomic mass is 9.99. The Morgan fingerprint density at radius 2 is 1.84 bits per heavy atom. The van der Waals surface area contributed by atoms with Gasteiger partial charge in [0.15, 0.2) is 5.78 Å². The summed E-state index contributed by atoms with van der Waals surface area (Å²) < 4.78 is 0. The highest BCUT2D eigenvalue weighted by Crippen LogP contribution is 2.31. The van der Waals surface area contributed by atoms with E-state index in [9.17, 15) is 9.59 Å². The minimum atomic E-state index is -0.00919. The number of hydrogen-bond acceptors (Lipinski definition) is 3. The number of benzene rings is 2. The van der Waals surface area contributed by atoms with Crippen molar-refractivity contribution in [2.75, 3.05) is 17.2 Å². The molecule has 4 nitrogen and oxygen atoms in total. The Labute approximate surface area is 148 Å². The first-order valence-electron chi connectivity index (χ1n) is 8.90. The molecule has 0 aromatic heterocycles. The molecular weight excluding hydrogens is 312 g/mol. The molecule has 0 fully saturated rings. The standard InChI is InChI=1S/C21H24N2O2/c1-2-15-8-10-16(11-9-15)20(24)12-13-21(25)23-14-4-5-17-18(22)6-3-7-19(17)23/h3,6-11H,2,4-5,12-14,22H2,1H3. The molecule has 2 aromatic carbocycles. The van der Waals surface area contributed by atoms with Gasteiger partial charge in [-0.25, -0.2) is 0 Å². The second-order valence-electron chi connectivity index (χ2n) is 6.47. The lowest BCUT2D eigenvalue weighted by Gasteiger charge is -2.30. The van der Waals surface area contributed by atoms with Crippen LogP contribution in [0.15, 0.2) is 42.5 Å². The third-order valence-corrected chi connectivity index (χ3v) is 4.84. The van der Waals surface area contributed by atoms with Crippen molar-refractivity contribution < 1.29 is 9.59 Å². The molecule has 130 valence electrons. The number of amides is 1. The minimum Gasteiger partial charge on any atom is -0.398 e. The first-order chi connectivity index (χ1) is 12.1. The smallest absolute Gasteiger partial charge is 0.227 e. The highest BCUT2D eigenvalue weighted by molar-refractivity contribution is 6.01. The second kappa shape index (κ2) is 7.51. The Kier molecular flexibility index (Phi) is 5.17. The van der Waals surface area contributed by atoms with E-state index in [1.165, 1.54) is 5.56 Å². The zero-order valence-electron chi connectivity index (χ0n) is 14.6. The molecule has 0 saturated carbocycles. The van der Waals surface area contributed by atoms with Crippen molar-refractivity contribution >= 4 is 23.1 Å². The number of fused-ring (bicyclic) bond motifs is 1. The minimum absolute atomic E-state index is 0.00919. The molecule has 0 aliphatic carbocycles. The van der Waals surface area contributed by atoms with E-state index in [-0.39, 0.29) is 24.5 Å². The number of nitrogen functional groups attached to an aromatic ring is 1. The fourth-order valence-electron chi connectivity index (χ4n) is 3.34. The van der Waals surface area contributed by atoms with Gasteiger partial charge in [0, 0.05) is 36.3 Å². The number of nitrogens with two attached hydrogens (primary N) is 1. The number of anilines is 2. The monoisotopic (exact) mass is 336 g/mol. The lowest BCUT2D eigenvalue weighted by molar-refractivity contribution is -0.118. The summed E-state index contributed by atoms with van der Waals surface area (Å²) in [5.74, 6) is 0.00545. The Morgan fingerprint density at radius 3 is 2.56 bits per heavy atom. The number of carbonyl (C=O) groups excluding carboxylic acids is 2. The SMILES string of the molecule is CCc1ccc(C(=O)CCC(=O)N2CCCc3c(N)cccc32)cc1. The molecule has 3 rings (SSSR count). The van der Waals surface area contributed by atoms with E-state index in [0.717, 1.165) is 36.2 Å². The van der Waals surface area contributed by atoms with Crippen LogP contribution in [-0.4, -0.2) is 18.2 Å². The summed E-state index contributed by atoms with van der Waals surface area (Å²) in [6.07, 6.45) is 3.21. The Balaban J connectivity index is 1.65. The van der Waals surface area contributed by atoms with Gasteiger partial charge in [-0.3, -0.25) is 9.59 Å². The maximum Gasteiger partial charge on any atom is 0.227 e. The average Bonchev–Trinajstić information content (AvgIpc) is 2.66. The molecule has 1 aliphatic rings. The molecule has 25 heavy (non-hydrogen) atoms. The fourth-order valence-corrected chi connectivity index (χ4v) is 3.34. The van der Waals surface area contributed by atoms with Crippen molar-refractivity contribution in [2.24, 2.45) is 0 Å². The van der Waals surface area contributed by atoms with Crippen LogP contribution in [0.3, 0.4) is 0 Å². The van der Waals surface area contributed by atoms with Crippen molar-refractivity contribution in [3.8, 4) is 0 Å². The van der Waals surface area contributed by atoms with Gasteiger partial charge in [0.05, 0.1) is 0 Å². The second-order valence-corrected chi connectivity index (χ2v) is 6.47. The highest BCUT2D eigenvalue weighted by Gasteiger charge is 2.24. The van der Waals surface area contributed by atoms with Crippen molar-refractivity contribution in [1.82, 2.24) is 0 Å². The summed E-state index contributed by atoms with van der Waals surface area (Å²) in [5, 5.41) is 0. The zero-order valence-corrected chi connectivity index (χ0v) is 14.6. The summed E-state index contributed by atoms with van der Waals surface area (Å²) in [5.41, 5.74) is 10.6. The van der Waals surface area contributed by atoms with Crippen molar-refractivity contribution in [2.45, 2.75) is 39.0 Å². The number of ketones is 1. The molecule has 1 amide bonds. The first kappa shape index (κ1) is 17.2. The molecule has 4 heteroatoms. The van der Waals surface area contributed by atoms with Crippen LogP contribution < -0.4 is 10.6 Å². The summed E-state index contributed by atoms with van der Waals surface area (Å²) in [6.45, 7) is 2.77. The van der Waals surface area contributed by atoms with Gasteiger partial charge < -0.3 is 10.6 Å². The molecule has 2 aromatic rings. The summed E-state index contributed by atoms with van der Waals surface area (Å²) >= 11 is 0. The van der Waals surface area contributed by atoms with Crippen LogP contribution in [0.1, 0.15) is 47.7 Å². The van der Waals surface area contributed by atoms with E-state index < -0.39 is 0 Å². The van der Waals surface area contributed by atoms with Gasteiger partial charge in [-0.2, -0.15) is 0 Å². The number of Topliss-reactive ketones (excluding diaryl/α,β-unsaturated/α-hetero) is 1. The largest absolute Gasteiger partial charge is 0.398 e. The Hall–Kier alpha value is -2.62. The van der Waals surface area contributed by atoms with Gasteiger partial charge in [0.1, 0.15) is 0 Å². The van der Waals surface area contributed by atoms with Gasteiger partial charge in [-0.1, -0.05) is 37.3 Å². The Morgan fingerprint density at radius 1 is 1.08 bits per heavy atom. The summed E-state index contributed by atoms with van der Waals surface area (Å²) in [7, 11) is 0. The van der Waals surface area contributed by atoms with Crippen molar-refractivity contribution in [1.29, 1.82) is 0 Å². The third-order valence-electron chi connectivity index (χ3n) is 4.84. The van der Waals surface area contributed by atoms with Crippen LogP contribution in [0.25, 0.3) is 0 Å². The van der Waals surface area contributed by atoms with Crippen LogP contribution >= 0.6 is 0 Å². The van der Waals surface area contributed by atoms with E-state index in [2.05, 4.69) is 6.92 Å². The fraction of sp³-hybridized carbons (Fsp3) is 0.333. The van der Waals surface area contributed by atoms with Crippen LogP contribution in [0.4, 0.5) is 11.4 Å². The molecule has 1 heterocycles. The molecule has 0 saturated heterocycles. The van der Waals surface area contributed by atoms with Gasteiger partial charge in [0.2, 0.25) is 5.91 Å². The highest BCUT2D eigenvalue weighted by atomic mass is 16.2. The van der Waals surface area contributed by atoms with Gasteiger partial charge in [-0.05, 0) is 42.5 Å². The molecule has 0 radical (unpaired) electrons. The van der Waals surface area contributed by atoms with Gasteiger partial charge in [0.25, 0.3) is 0 Å². The number of aryl methyl sites for hydroxylation is 1. The number of rotatable bonds is 5. The normalized spacial score (nSPS) is 13.4. The zero-order chi connectivity index (χ0) is 17.8. The maximum atomic E-state index is 12.6. The Bertz CT molecular complexity index is 781. The first-order valence-corrected chi connectivity index (χ1v) is 8.90. The van der Waals surface area contributed by atoms with E-state index >= 15 is 0 Å². The molecule has 1 aliphatic heterocycles. The quantitative estimate of drug-likeness (QED) is 0.668. The third kappa shape index (κ3) is 3.73. The van der Waals surface area contributed by atoms with E-state index in [1.54, 1.807) is 4.90 Å². The molecule has 2 N–H and O–H groups in total. The topological polar surface area (TPSA) is 63.4 Å².